The van der Waals surface area contributed by atoms with E-state index >= 15 is 0 Å². The van der Waals surface area contributed by atoms with Crippen molar-refractivity contribution in [3.63, 3.8) is 0 Å². The summed E-state index contributed by atoms with van der Waals surface area (Å²) in [5.74, 6) is -2.30. The number of carboxylic acid groups (broad SMARTS) is 1. The first-order valence-electron chi connectivity index (χ1n) is 9.54. The zero-order chi connectivity index (χ0) is 24.6. The van der Waals surface area contributed by atoms with E-state index in [1.807, 2.05) is 0 Å². The van der Waals surface area contributed by atoms with Gasteiger partial charge in [0.2, 0.25) is 0 Å². The number of carboxylic acids is 1. The lowest BCUT2D eigenvalue weighted by Crippen LogP contribution is -2.16. The molecule has 1 amide bonds. The van der Waals surface area contributed by atoms with Crippen LogP contribution in [0.1, 0.15) is 10.5 Å². The molecule has 0 saturated carbocycles. The zero-order valence-corrected chi connectivity index (χ0v) is 18.9. The molecule has 4 rings (SSSR count). The second-order valence-corrected chi connectivity index (χ2v) is 9.25. The van der Waals surface area contributed by atoms with Gasteiger partial charge in [0.1, 0.15) is 23.0 Å². The molecule has 4 aromatic rings. The highest BCUT2D eigenvalue weighted by Gasteiger charge is 2.20. The molecule has 0 unspecified atom stereocenters. The van der Waals surface area contributed by atoms with Crippen LogP contribution in [-0.2, 0) is 28.4 Å². The van der Waals surface area contributed by atoms with E-state index in [2.05, 4.69) is 20.2 Å². The molecule has 34 heavy (non-hydrogen) atoms. The first-order valence-corrected chi connectivity index (χ1v) is 11.4. The number of aryl methyl sites for hydroxylation is 1. The van der Waals surface area contributed by atoms with Crippen molar-refractivity contribution in [1.82, 2.24) is 19.6 Å². The Labute approximate surface area is 196 Å². The fourth-order valence-electron chi connectivity index (χ4n) is 3.22. The average molecular weight is 507 g/mol. The lowest BCUT2D eigenvalue weighted by atomic mass is 10.2. The Morgan fingerprint density at radius 2 is 1.91 bits per heavy atom. The van der Waals surface area contributed by atoms with Crippen molar-refractivity contribution < 1.29 is 27.5 Å². The van der Waals surface area contributed by atoms with E-state index in [-0.39, 0.29) is 21.3 Å². The molecule has 11 nitrogen and oxygen atoms in total. The molecule has 176 valence electrons. The molecule has 0 aliphatic rings. The number of nitrogens with zero attached hydrogens (tertiary/aromatic N) is 4. The third kappa shape index (κ3) is 4.70. The van der Waals surface area contributed by atoms with Crippen LogP contribution in [-0.4, -0.2) is 45.0 Å². The number of hydrogen-bond donors (Lipinski definition) is 3. The first-order chi connectivity index (χ1) is 16.0. The molecule has 2 aromatic heterocycles. The predicted octanol–water partition coefficient (Wildman–Crippen LogP) is 2.70. The molecule has 0 saturated heterocycles. The Bertz CT molecular complexity index is 1550. The molecule has 0 aliphatic heterocycles. The van der Waals surface area contributed by atoms with E-state index in [1.54, 1.807) is 7.05 Å². The summed E-state index contributed by atoms with van der Waals surface area (Å²) in [5, 5.41) is 19.7. The number of hydrogen-bond acceptors (Lipinski definition) is 6. The fraction of sp³-hybridized carbons (Fsp3) is 0.100. The van der Waals surface area contributed by atoms with Gasteiger partial charge in [-0.05, 0) is 36.4 Å². The van der Waals surface area contributed by atoms with Gasteiger partial charge in [-0.3, -0.25) is 23.7 Å². The molecule has 3 N–H and O–H groups in total. The summed E-state index contributed by atoms with van der Waals surface area (Å²) in [6, 6.07) is 8.19. The summed E-state index contributed by atoms with van der Waals surface area (Å²) in [6.07, 6.45) is 2.13. The van der Waals surface area contributed by atoms with Crippen molar-refractivity contribution in [2.45, 2.75) is 11.4 Å². The van der Waals surface area contributed by atoms with E-state index in [1.165, 1.54) is 35.0 Å². The van der Waals surface area contributed by atoms with Gasteiger partial charge in [0.25, 0.3) is 15.9 Å². The largest absolute Gasteiger partial charge is 0.480 e. The summed E-state index contributed by atoms with van der Waals surface area (Å²) in [4.78, 5) is 23.4. The number of anilines is 2. The minimum absolute atomic E-state index is 0.141. The van der Waals surface area contributed by atoms with Gasteiger partial charge >= 0.3 is 5.97 Å². The number of aliphatic carboxylic acids is 1. The van der Waals surface area contributed by atoms with Crippen LogP contribution >= 0.6 is 11.6 Å². The number of sulfonamides is 1. The number of fused-ring (bicyclic) bond motifs is 1. The number of rotatable bonds is 7. The quantitative estimate of drug-likeness (QED) is 0.349. The summed E-state index contributed by atoms with van der Waals surface area (Å²) in [5.41, 5.74) is 0.999. The smallest absolute Gasteiger partial charge is 0.325 e. The second-order valence-electron chi connectivity index (χ2n) is 7.16. The lowest BCUT2D eigenvalue weighted by molar-refractivity contribution is -0.137. The van der Waals surface area contributed by atoms with Crippen LogP contribution < -0.4 is 10.0 Å². The van der Waals surface area contributed by atoms with Crippen LogP contribution in [0, 0.1) is 5.82 Å². The Kier molecular flexibility index (Phi) is 5.98. The number of carbonyl (C=O) groups excluding carboxylic acids is 1. The minimum atomic E-state index is -4.05. The molecule has 2 heterocycles. The summed E-state index contributed by atoms with van der Waals surface area (Å²) >= 11 is 5.76. The molecular formula is C20H16ClFN6O5S. The van der Waals surface area contributed by atoms with E-state index in [0.29, 0.717) is 16.6 Å². The standard InChI is InChI=1S/C20H16ClFN6O5S/c1-27-19(20(31)24-11-3-5-16(22)15(21)6-11)14-4-2-12(7-17(14)25-27)26-34(32,33)13-8-23-28(9-13)10-18(29)30/h2-9,26H,10H2,1H3,(H,24,31)(H,29,30). The van der Waals surface area contributed by atoms with Gasteiger partial charge in [-0.1, -0.05) is 11.6 Å². The van der Waals surface area contributed by atoms with Crippen LogP contribution in [0.25, 0.3) is 10.9 Å². The Morgan fingerprint density at radius 3 is 2.62 bits per heavy atom. The van der Waals surface area contributed by atoms with E-state index in [0.717, 1.165) is 23.1 Å². The van der Waals surface area contributed by atoms with Crippen molar-refractivity contribution in [2.24, 2.45) is 7.05 Å². The number of aromatic nitrogens is 4. The maximum Gasteiger partial charge on any atom is 0.325 e. The normalized spacial score (nSPS) is 11.5. The summed E-state index contributed by atoms with van der Waals surface area (Å²) in [6.45, 7) is -0.482. The zero-order valence-electron chi connectivity index (χ0n) is 17.4. The molecule has 0 atom stereocenters. The van der Waals surface area contributed by atoms with Crippen LogP contribution in [0.5, 0.6) is 0 Å². The SMILES string of the molecule is Cn1nc2cc(NS(=O)(=O)c3cnn(CC(=O)O)c3)ccc2c1C(=O)Nc1ccc(F)c(Cl)c1. The maximum atomic E-state index is 13.4. The number of carbonyl (C=O) groups is 2. The van der Waals surface area contributed by atoms with Gasteiger partial charge in [-0.2, -0.15) is 10.2 Å². The lowest BCUT2D eigenvalue weighted by Gasteiger charge is -2.07. The van der Waals surface area contributed by atoms with Gasteiger partial charge in [0.05, 0.1) is 22.4 Å². The maximum absolute atomic E-state index is 13.4. The monoisotopic (exact) mass is 506 g/mol. The predicted molar refractivity (Wildman–Crippen MR) is 121 cm³/mol. The van der Waals surface area contributed by atoms with Crippen molar-refractivity contribution in [3.8, 4) is 0 Å². The summed E-state index contributed by atoms with van der Waals surface area (Å²) < 4.78 is 43.3. The highest BCUT2D eigenvalue weighted by atomic mass is 35.5. The molecule has 0 fully saturated rings. The number of amides is 1. The third-order valence-corrected chi connectivity index (χ3v) is 6.32. The minimum Gasteiger partial charge on any atom is -0.480 e. The fourth-order valence-corrected chi connectivity index (χ4v) is 4.40. The molecule has 0 bridgehead atoms. The molecule has 14 heteroatoms. The van der Waals surface area contributed by atoms with Gasteiger partial charge in [0, 0.05) is 24.3 Å². The van der Waals surface area contributed by atoms with Crippen molar-refractivity contribution in [1.29, 1.82) is 0 Å². The van der Waals surface area contributed by atoms with Crippen molar-refractivity contribution >= 4 is 55.8 Å². The average Bonchev–Trinajstić information content (AvgIpc) is 3.33. The van der Waals surface area contributed by atoms with Crippen LogP contribution in [0.3, 0.4) is 0 Å². The van der Waals surface area contributed by atoms with E-state index in [9.17, 15) is 22.4 Å². The highest BCUT2D eigenvalue weighted by Crippen LogP contribution is 2.25. The van der Waals surface area contributed by atoms with E-state index < -0.39 is 34.3 Å². The van der Waals surface area contributed by atoms with Crippen LogP contribution in [0.2, 0.25) is 5.02 Å². The number of benzene rings is 2. The van der Waals surface area contributed by atoms with Gasteiger partial charge in [-0.25, -0.2) is 12.8 Å². The molecule has 0 aliphatic carbocycles. The second kappa shape index (κ2) is 8.76. The number of nitrogens with one attached hydrogen (secondary N) is 2. The summed E-state index contributed by atoms with van der Waals surface area (Å²) in [7, 11) is -2.50. The molecular weight excluding hydrogens is 491 g/mol. The highest BCUT2D eigenvalue weighted by molar-refractivity contribution is 7.92. The molecule has 2 aromatic carbocycles. The Hall–Kier alpha value is -3.97. The van der Waals surface area contributed by atoms with E-state index in [4.69, 9.17) is 16.7 Å². The van der Waals surface area contributed by atoms with Gasteiger partial charge in [0.15, 0.2) is 0 Å². The molecule has 0 radical (unpaired) electrons. The molecule has 0 spiro atoms. The van der Waals surface area contributed by atoms with Gasteiger partial charge in [-0.15, -0.1) is 0 Å². The Morgan fingerprint density at radius 1 is 1.18 bits per heavy atom. The van der Waals surface area contributed by atoms with Crippen LogP contribution in [0.4, 0.5) is 15.8 Å². The van der Waals surface area contributed by atoms with Crippen molar-refractivity contribution in [2.75, 3.05) is 10.0 Å². The van der Waals surface area contributed by atoms with Crippen LogP contribution in [0.15, 0.2) is 53.7 Å². The van der Waals surface area contributed by atoms with Gasteiger partial charge < -0.3 is 10.4 Å². The number of halogens is 2. The first kappa shape index (κ1) is 23.2. The topological polar surface area (TPSA) is 148 Å². The Balaban J connectivity index is 1.58. The third-order valence-electron chi connectivity index (χ3n) is 4.70. The van der Waals surface area contributed by atoms with Crippen molar-refractivity contribution in [3.05, 3.63) is 65.3 Å².